The average Bonchev–Trinajstić information content (AvgIpc) is 2.75. The van der Waals surface area contributed by atoms with Gasteiger partial charge < -0.3 is 14.6 Å². The summed E-state index contributed by atoms with van der Waals surface area (Å²) in [5, 5.41) is 0. The SMILES string of the molecule is COc1ccc(Cc2nc3c(c(=O)[nH]2)CN(C(=O)Cc2ccccc2)CC3)cc1. The van der Waals surface area contributed by atoms with Crippen LogP contribution in [-0.2, 0) is 30.6 Å². The van der Waals surface area contributed by atoms with Crippen LogP contribution in [0.4, 0.5) is 0 Å². The number of amides is 1. The van der Waals surface area contributed by atoms with Crippen LogP contribution in [0.1, 0.15) is 28.2 Å². The van der Waals surface area contributed by atoms with Gasteiger partial charge in [-0.1, -0.05) is 42.5 Å². The summed E-state index contributed by atoms with van der Waals surface area (Å²) < 4.78 is 5.17. The van der Waals surface area contributed by atoms with Gasteiger partial charge in [0, 0.05) is 19.4 Å². The number of hydrogen-bond donors (Lipinski definition) is 1. The Morgan fingerprint density at radius 1 is 1.10 bits per heavy atom. The lowest BCUT2D eigenvalue weighted by molar-refractivity contribution is -0.131. The lowest BCUT2D eigenvalue weighted by atomic mass is 10.0. The highest BCUT2D eigenvalue weighted by atomic mass is 16.5. The normalized spacial score (nSPS) is 13.1. The minimum absolute atomic E-state index is 0.0311. The van der Waals surface area contributed by atoms with Gasteiger partial charge in [0.2, 0.25) is 5.91 Å². The molecule has 0 aliphatic carbocycles. The molecule has 2 aromatic carbocycles. The second-order valence-corrected chi connectivity index (χ2v) is 7.19. The number of ether oxygens (including phenoxy) is 1. The molecule has 1 aromatic heterocycles. The molecule has 0 bridgehead atoms. The Kier molecular flexibility index (Phi) is 5.42. The molecule has 3 aromatic rings. The molecule has 1 N–H and O–H groups in total. The summed E-state index contributed by atoms with van der Waals surface area (Å²) in [5.41, 5.74) is 3.25. The number of aromatic nitrogens is 2. The van der Waals surface area contributed by atoms with Crippen LogP contribution >= 0.6 is 0 Å². The smallest absolute Gasteiger partial charge is 0.256 e. The summed E-state index contributed by atoms with van der Waals surface area (Å²) in [7, 11) is 1.63. The lowest BCUT2D eigenvalue weighted by Crippen LogP contribution is -2.40. The van der Waals surface area contributed by atoms with Gasteiger partial charge in [-0.05, 0) is 23.3 Å². The minimum atomic E-state index is -0.157. The third kappa shape index (κ3) is 4.37. The number of carbonyl (C=O) groups excluding carboxylic acids is 1. The largest absolute Gasteiger partial charge is 0.497 e. The molecule has 0 saturated heterocycles. The molecule has 148 valence electrons. The molecule has 1 aliphatic rings. The van der Waals surface area contributed by atoms with Crippen molar-refractivity contribution in [3.63, 3.8) is 0 Å². The minimum Gasteiger partial charge on any atom is -0.497 e. The molecule has 6 heteroatoms. The molecule has 0 spiro atoms. The van der Waals surface area contributed by atoms with E-state index in [1.165, 1.54) is 0 Å². The van der Waals surface area contributed by atoms with Crippen LogP contribution in [0, 0.1) is 0 Å². The highest BCUT2D eigenvalue weighted by Gasteiger charge is 2.24. The number of rotatable bonds is 5. The number of hydrogen-bond acceptors (Lipinski definition) is 4. The molecule has 2 heterocycles. The number of aromatic amines is 1. The molecular weight excluding hydrogens is 366 g/mol. The van der Waals surface area contributed by atoms with Gasteiger partial charge in [-0.2, -0.15) is 0 Å². The molecule has 0 radical (unpaired) electrons. The zero-order valence-electron chi connectivity index (χ0n) is 16.4. The van der Waals surface area contributed by atoms with Crippen molar-refractivity contribution in [2.24, 2.45) is 0 Å². The van der Waals surface area contributed by atoms with Crippen LogP contribution in [0.3, 0.4) is 0 Å². The van der Waals surface area contributed by atoms with Crippen LogP contribution in [0.15, 0.2) is 59.4 Å². The van der Waals surface area contributed by atoms with Crippen LogP contribution < -0.4 is 10.3 Å². The molecule has 6 nitrogen and oxygen atoms in total. The van der Waals surface area contributed by atoms with Gasteiger partial charge in [0.1, 0.15) is 11.6 Å². The number of H-pyrrole nitrogens is 1. The second kappa shape index (κ2) is 8.31. The van der Waals surface area contributed by atoms with Crippen LogP contribution in [-0.4, -0.2) is 34.4 Å². The van der Waals surface area contributed by atoms with Crippen molar-refractivity contribution in [2.45, 2.75) is 25.8 Å². The molecule has 0 saturated carbocycles. The predicted molar refractivity (Wildman–Crippen MR) is 110 cm³/mol. The molecule has 1 aliphatic heterocycles. The van der Waals surface area contributed by atoms with E-state index in [2.05, 4.69) is 9.97 Å². The van der Waals surface area contributed by atoms with E-state index in [9.17, 15) is 9.59 Å². The number of methoxy groups -OCH3 is 1. The van der Waals surface area contributed by atoms with E-state index in [-0.39, 0.29) is 11.5 Å². The number of carbonyl (C=O) groups is 1. The standard InChI is InChI=1S/C23H23N3O3/c1-29-18-9-7-17(8-10-18)13-21-24-20-11-12-26(15-19(20)23(28)25-21)22(27)14-16-5-3-2-4-6-16/h2-10H,11-15H2,1H3,(H,24,25,28). The maximum absolute atomic E-state index is 12.6. The van der Waals surface area contributed by atoms with E-state index in [0.717, 1.165) is 22.6 Å². The number of nitrogens with zero attached hydrogens (tertiary/aromatic N) is 2. The van der Waals surface area contributed by atoms with Gasteiger partial charge in [-0.25, -0.2) is 4.98 Å². The van der Waals surface area contributed by atoms with Gasteiger partial charge in [-0.3, -0.25) is 9.59 Å². The summed E-state index contributed by atoms with van der Waals surface area (Å²) in [5.74, 6) is 1.47. The fourth-order valence-electron chi connectivity index (χ4n) is 3.59. The molecular formula is C23H23N3O3. The Hall–Kier alpha value is -3.41. The van der Waals surface area contributed by atoms with E-state index >= 15 is 0 Å². The van der Waals surface area contributed by atoms with Gasteiger partial charge >= 0.3 is 0 Å². The summed E-state index contributed by atoms with van der Waals surface area (Å²) in [4.78, 5) is 34.6. The third-order valence-corrected chi connectivity index (χ3v) is 5.20. The van der Waals surface area contributed by atoms with Crippen molar-refractivity contribution in [3.8, 4) is 5.75 Å². The van der Waals surface area contributed by atoms with E-state index in [1.807, 2.05) is 54.6 Å². The molecule has 1 amide bonds. The number of fused-ring (bicyclic) bond motifs is 1. The zero-order valence-corrected chi connectivity index (χ0v) is 16.4. The van der Waals surface area contributed by atoms with Crippen molar-refractivity contribution in [3.05, 3.63) is 93.2 Å². The Morgan fingerprint density at radius 3 is 2.59 bits per heavy atom. The molecule has 0 atom stereocenters. The monoisotopic (exact) mass is 389 g/mol. The average molecular weight is 389 g/mol. The van der Waals surface area contributed by atoms with Crippen molar-refractivity contribution >= 4 is 5.91 Å². The van der Waals surface area contributed by atoms with Gasteiger partial charge in [0.05, 0.1) is 31.3 Å². The van der Waals surface area contributed by atoms with Crippen molar-refractivity contribution in [1.29, 1.82) is 0 Å². The zero-order chi connectivity index (χ0) is 20.2. The summed E-state index contributed by atoms with van der Waals surface area (Å²) >= 11 is 0. The summed E-state index contributed by atoms with van der Waals surface area (Å²) in [6.45, 7) is 0.892. The quantitative estimate of drug-likeness (QED) is 0.728. The second-order valence-electron chi connectivity index (χ2n) is 7.19. The first kappa shape index (κ1) is 18.9. The van der Waals surface area contributed by atoms with E-state index in [0.29, 0.717) is 43.7 Å². The van der Waals surface area contributed by atoms with Crippen molar-refractivity contribution in [2.75, 3.05) is 13.7 Å². The van der Waals surface area contributed by atoms with Crippen molar-refractivity contribution in [1.82, 2.24) is 14.9 Å². The molecule has 4 rings (SSSR count). The Morgan fingerprint density at radius 2 is 1.86 bits per heavy atom. The highest BCUT2D eigenvalue weighted by molar-refractivity contribution is 5.79. The first-order chi connectivity index (χ1) is 14.1. The van der Waals surface area contributed by atoms with Gasteiger partial charge in [-0.15, -0.1) is 0 Å². The molecule has 0 unspecified atom stereocenters. The van der Waals surface area contributed by atoms with Crippen LogP contribution in [0.5, 0.6) is 5.75 Å². The Labute approximate surface area is 169 Å². The number of nitrogens with one attached hydrogen (secondary N) is 1. The fourth-order valence-corrected chi connectivity index (χ4v) is 3.59. The topological polar surface area (TPSA) is 75.3 Å². The van der Waals surface area contributed by atoms with Crippen LogP contribution in [0.2, 0.25) is 0 Å². The summed E-state index contributed by atoms with van der Waals surface area (Å²) in [6, 6.07) is 17.4. The van der Waals surface area contributed by atoms with E-state index < -0.39 is 0 Å². The fraction of sp³-hybridized carbons (Fsp3) is 0.261. The lowest BCUT2D eigenvalue weighted by Gasteiger charge is -2.28. The summed E-state index contributed by atoms with van der Waals surface area (Å²) in [6.07, 6.45) is 1.48. The molecule has 29 heavy (non-hydrogen) atoms. The van der Waals surface area contributed by atoms with Crippen molar-refractivity contribution < 1.29 is 9.53 Å². The first-order valence-electron chi connectivity index (χ1n) is 9.68. The maximum Gasteiger partial charge on any atom is 0.256 e. The first-order valence-corrected chi connectivity index (χ1v) is 9.68. The van der Waals surface area contributed by atoms with E-state index in [1.54, 1.807) is 12.0 Å². The third-order valence-electron chi connectivity index (χ3n) is 5.20. The van der Waals surface area contributed by atoms with E-state index in [4.69, 9.17) is 4.74 Å². The predicted octanol–water partition coefficient (Wildman–Crippen LogP) is 2.50. The number of benzene rings is 2. The van der Waals surface area contributed by atoms with Gasteiger partial charge in [0.15, 0.2) is 0 Å². The maximum atomic E-state index is 12.6. The van der Waals surface area contributed by atoms with Gasteiger partial charge in [0.25, 0.3) is 5.56 Å². The Bertz CT molecular complexity index is 1060. The van der Waals surface area contributed by atoms with Crippen LogP contribution in [0.25, 0.3) is 0 Å². The molecule has 0 fully saturated rings. The highest BCUT2D eigenvalue weighted by Crippen LogP contribution is 2.17. The Balaban J connectivity index is 1.47.